The van der Waals surface area contributed by atoms with E-state index in [9.17, 15) is 4.39 Å². The number of nitrogens with zero attached hydrogens (tertiary/aromatic N) is 2. The molecule has 1 aromatic carbocycles. The third-order valence-corrected chi connectivity index (χ3v) is 3.89. The zero-order valence-corrected chi connectivity index (χ0v) is 12.3. The molecule has 0 radical (unpaired) electrons. The standard InChI is InChI=1S/C13H15ClFN3S/c1-17(8-10-4-3-5-19-10)13-11(14)6-9(15)7-12(13)18(2)16/h3-7H,8,16H2,1-2H3. The summed E-state index contributed by atoms with van der Waals surface area (Å²) < 4.78 is 13.4. The number of anilines is 2. The van der Waals surface area contributed by atoms with Gasteiger partial charge >= 0.3 is 0 Å². The molecule has 2 N–H and O–H groups in total. The zero-order chi connectivity index (χ0) is 14.0. The smallest absolute Gasteiger partial charge is 0.126 e. The lowest BCUT2D eigenvalue weighted by Gasteiger charge is -2.26. The van der Waals surface area contributed by atoms with Crippen molar-refractivity contribution in [3.63, 3.8) is 0 Å². The van der Waals surface area contributed by atoms with Crippen LogP contribution in [0.25, 0.3) is 0 Å². The van der Waals surface area contributed by atoms with E-state index in [4.69, 9.17) is 17.4 Å². The Hall–Kier alpha value is -1.30. The van der Waals surface area contributed by atoms with Crippen molar-refractivity contribution >= 4 is 34.3 Å². The average molecular weight is 300 g/mol. The fourth-order valence-corrected chi connectivity index (χ4v) is 3.02. The Balaban J connectivity index is 2.37. The maximum Gasteiger partial charge on any atom is 0.126 e. The monoisotopic (exact) mass is 299 g/mol. The van der Waals surface area contributed by atoms with Gasteiger partial charge in [0.1, 0.15) is 5.82 Å². The Labute approximate surface area is 121 Å². The fourth-order valence-electron chi connectivity index (χ4n) is 1.91. The van der Waals surface area contributed by atoms with Crippen LogP contribution in [0.2, 0.25) is 5.02 Å². The molecular formula is C13H15ClFN3S. The summed E-state index contributed by atoms with van der Waals surface area (Å²) in [5, 5.41) is 3.74. The van der Waals surface area contributed by atoms with Gasteiger partial charge in [-0.15, -0.1) is 11.3 Å². The van der Waals surface area contributed by atoms with Crippen LogP contribution in [-0.4, -0.2) is 14.1 Å². The van der Waals surface area contributed by atoms with Gasteiger partial charge in [-0.2, -0.15) is 0 Å². The molecule has 0 aliphatic carbocycles. The van der Waals surface area contributed by atoms with Gasteiger partial charge in [0, 0.05) is 25.0 Å². The lowest BCUT2D eigenvalue weighted by molar-refractivity contribution is 0.627. The summed E-state index contributed by atoms with van der Waals surface area (Å²) in [6, 6.07) is 6.72. The minimum Gasteiger partial charge on any atom is -0.367 e. The molecule has 2 aromatic rings. The van der Waals surface area contributed by atoms with E-state index < -0.39 is 5.82 Å². The molecule has 0 bridgehead atoms. The van der Waals surface area contributed by atoms with Crippen molar-refractivity contribution in [3.05, 3.63) is 45.4 Å². The average Bonchev–Trinajstić information content (AvgIpc) is 2.80. The lowest BCUT2D eigenvalue weighted by atomic mass is 10.2. The Bertz CT molecular complexity index is 557. The first-order valence-corrected chi connectivity index (χ1v) is 6.96. The number of rotatable bonds is 4. The maximum atomic E-state index is 13.4. The molecule has 0 saturated heterocycles. The van der Waals surface area contributed by atoms with Gasteiger partial charge in [0.25, 0.3) is 0 Å². The second-order valence-electron chi connectivity index (χ2n) is 4.30. The molecule has 0 amide bonds. The van der Waals surface area contributed by atoms with Crippen LogP contribution in [0.1, 0.15) is 4.88 Å². The van der Waals surface area contributed by atoms with Gasteiger partial charge in [-0.05, 0) is 17.5 Å². The van der Waals surface area contributed by atoms with Crippen molar-refractivity contribution in [2.75, 3.05) is 24.0 Å². The van der Waals surface area contributed by atoms with Crippen LogP contribution in [0.3, 0.4) is 0 Å². The van der Waals surface area contributed by atoms with E-state index in [1.54, 1.807) is 18.4 Å². The minimum absolute atomic E-state index is 0.353. The van der Waals surface area contributed by atoms with E-state index in [-0.39, 0.29) is 0 Å². The number of thiophene rings is 1. The highest BCUT2D eigenvalue weighted by Crippen LogP contribution is 2.36. The van der Waals surface area contributed by atoms with Crippen molar-refractivity contribution < 1.29 is 4.39 Å². The van der Waals surface area contributed by atoms with E-state index in [0.717, 1.165) is 5.69 Å². The molecule has 0 aliphatic rings. The Morgan fingerprint density at radius 1 is 1.37 bits per heavy atom. The number of hydrogen-bond donors (Lipinski definition) is 1. The summed E-state index contributed by atoms with van der Waals surface area (Å²) in [4.78, 5) is 3.17. The molecule has 3 nitrogen and oxygen atoms in total. The van der Waals surface area contributed by atoms with Gasteiger partial charge in [0.2, 0.25) is 0 Å². The van der Waals surface area contributed by atoms with Crippen molar-refractivity contribution in [2.45, 2.75) is 6.54 Å². The van der Waals surface area contributed by atoms with E-state index in [1.165, 1.54) is 22.0 Å². The first kappa shape index (κ1) is 14.1. The highest BCUT2D eigenvalue weighted by molar-refractivity contribution is 7.09. The summed E-state index contributed by atoms with van der Waals surface area (Å²) in [6.45, 7) is 0.698. The number of hydrazine groups is 1. The summed E-state index contributed by atoms with van der Waals surface area (Å²) in [7, 11) is 3.57. The summed E-state index contributed by atoms with van der Waals surface area (Å²) in [5.74, 6) is 5.35. The molecule has 19 heavy (non-hydrogen) atoms. The van der Waals surface area contributed by atoms with Crippen LogP contribution in [0.5, 0.6) is 0 Å². The van der Waals surface area contributed by atoms with Crippen molar-refractivity contribution in [2.24, 2.45) is 5.84 Å². The van der Waals surface area contributed by atoms with Gasteiger partial charge in [-0.1, -0.05) is 17.7 Å². The maximum absolute atomic E-state index is 13.4. The second-order valence-corrected chi connectivity index (χ2v) is 5.74. The van der Waals surface area contributed by atoms with Crippen molar-refractivity contribution in [1.29, 1.82) is 0 Å². The zero-order valence-electron chi connectivity index (χ0n) is 10.7. The number of halogens is 2. The molecule has 0 aliphatic heterocycles. The summed E-state index contributed by atoms with van der Waals surface area (Å²) >= 11 is 7.82. The SMILES string of the molecule is CN(N)c1cc(F)cc(Cl)c1N(C)Cc1cccs1. The topological polar surface area (TPSA) is 32.5 Å². The summed E-state index contributed by atoms with van der Waals surface area (Å²) in [6.07, 6.45) is 0. The van der Waals surface area contributed by atoms with Gasteiger partial charge in [0.15, 0.2) is 0 Å². The Morgan fingerprint density at radius 2 is 2.11 bits per heavy atom. The van der Waals surface area contributed by atoms with Crippen LogP contribution < -0.4 is 15.8 Å². The molecule has 0 atom stereocenters. The predicted molar refractivity (Wildman–Crippen MR) is 80.4 cm³/mol. The quantitative estimate of drug-likeness (QED) is 0.693. The molecule has 0 fully saturated rings. The molecule has 102 valence electrons. The number of hydrogen-bond acceptors (Lipinski definition) is 4. The van der Waals surface area contributed by atoms with Crippen molar-refractivity contribution in [1.82, 2.24) is 0 Å². The van der Waals surface area contributed by atoms with Crippen LogP contribution >= 0.6 is 22.9 Å². The summed E-state index contributed by atoms with van der Waals surface area (Å²) in [5.41, 5.74) is 1.28. The Kier molecular flexibility index (Phi) is 4.29. The molecule has 0 unspecified atom stereocenters. The fraction of sp³-hybridized carbons (Fsp3) is 0.231. The van der Waals surface area contributed by atoms with Crippen LogP contribution in [0.4, 0.5) is 15.8 Å². The normalized spacial score (nSPS) is 10.6. The van der Waals surface area contributed by atoms with Crippen LogP contribution in [0.15, 0.2) is 29.6 Å². The third kappa shape index (κ3) is 3.18. The van der Waals surface area contributed by atoms with E-state index in [2.05, 4.69) is 0 Å². The van der Waals surface area contributed by atoms with Gasteiger partial charge in [0.05, 0.1) is 22.9 Å². The number of nitrogens with two attached hydrogens (primary N) is 1. The van der Waals surface area contributed by atoms with E-state index >= 15 is 0 Å². The molecule has 6 heteroatoms. The third-order valence-electron chi connectivity index (χ3n) is 2.74. The molecule has 1 aromatic heterocycles. The first-order valence-electron chi connectivity index (χ1n) is 5.70. The second kappa shape index (κ2) is 5.77. The minimum atomic E-state index is -0.398. The molecule has 0 spiro atoms. The van der Waals surface area contributed by atoms with E-state index in [0.29, 0.717) is 17.3 Å². The van der Waals surface area contributed by atoms with Gasteiger partial charge in [-0.25, -0.2) is 10.2 Å². The molecular weight excluding hydrogens is 285 g/mol. The largest absolute Gasteiger partial charge is 0.367 e. The number of benzene rings is 1. The molecule has 2 rings (SSSR count). The van der Waals surface area contributed by atoms with Crippen LogP contribution in [-0.2, 0) is 6.54 Å². The molecule has 1 heterocycles. The molecule has 0 saturated carbocycles. The highest BCUT2D eigenvalue weighted by Gasteiger charge is 2.16. The highest BCUT2D eigenvalue weighted by atomic mass is 35.5. The first-order chi connectivity index (χ1) is 8.99. The van der Waals surface area contributed by atoms with Crippen molar-refractivity contribution in [3.8, 4) is 0 Å². The van der Waals surface area contributed by atoms with Crippen LogP contribution in [0, 0.1) is 5.82 Å². The van der Waals surface area contributed by atoms with Gasteiger partial charge in [-0.3, -0.25) is 0 Å². The lowest BCUT2D eigenvalue weighted by Crippen LogP contribution is -2.28. The Morgan fingerprint density at radius 3 is 2.68 bits per heavy atom. The van der Waals surface area contributed by atoms with Gasteiger partial charge < -0.3 is 9.91 Å². The predicted octanol–water partition coefficient (Wildman–Crippen LogP) is 3.49. The van der Waals surface area contributed by atoms with E-state index in [1.807, 2.05) is 29.5 Å².